The van der Waals surface area contributed by atoms with E-state index in [1.165, 1.54) is 11.8 Å². The zero-order chi connectivity index (χ0) is 21.6. The predicted molar refractivity (Wildman–Crippen MR) is 122 cm³/mol. The summed E-state index contributed by atoms with van der Waals surface area (Å²) in [5.74, 6) is 2.08. The number of hydrogen-bond donors (Lipinski definition) is 1. The highest BCUT2D eigenvalue weighted by atomic mass is 32.2. The molecule has 0 atom stereocenters. The molecule has 0 saturated carbocycles. The van der Waals surface area contributed by atoms with Crippen LogP contribution >= 0.6 is 11.8 Å². The molecule has 0 bridgehead atoms. The zero-order valence-electron chi connectivity index (χ0n) is 17.2. The maximum absolute atomic E-state index is 12.4. The third-order valence-electron chi connectivity index (χ3n) is 4.72. The second-order valence-corrected chi connectivity index (χ2v) is 7.74. The summed E-state index contributed by atoms with van der Waals surface area (Å²) < 4.78 is 12.9. The molecule has 4 aromatic rings. The number of hydrogen-bond acceptors (Lipinski definition) is 6. The molecule has 0 spiro atoms. The third-order valence-corrected chi connectivity index (χ3v) is 5.74. The maximum Gasteiger partial charge on any atom is 0.234 e. The Bertz CT molecular complexity index is 1210. The van der Waals surface area contributed by atoms with Crippen molar-refractivity contribution in [3.63, 3.8) is 0 Å². The van der Waals surface area contributed by atoms with Crippen molar-refractivity contribution in [3.05, 3.63) is 72.6 Å². The van der Waals surface area contributed by atoms with Gasteiger partial charge >= 0.3 is 0 Å². The first-order chi connectivity index (χ1) is 15.1. The van der Waals surface area contributed by atoms with Gasteiger partial charge in [0.15, 0.2) is 22.5 Å². The first kappa shape index (κ1) is 20.7. The molecule has 4 rings (SSSR count). The van der Waals surface area contributed by atoms with E-state index in [2.05, 4.69) is 15.5 Å². The van der Waals surface area contributed by atoms with Crippen LogP contribution in [0, 0.1) is 0 Å². The van der Waals surface area contributed by atoms with Gasteiger partial charge in [0.1, 0.15) is 6.61 Å². The van der Waals surface area contributed by atoms with Crippen LogP contribution in [0.1, 0.15) is 5.82 Å². The topological polar surface area (TPSA) is 78.3 Å². The van der Waals surface area contributed by atoms with E-state index in [1.807, 2.05) is 78.3 Å². The number of rotatable bonds is 8. The first-order valence-electron chi connectivity index (χ1n) is 9.69. The average Bonchev–Trinajstić information content (AvgIpc) is 3.15. The van der Waals surface area contributed by atoms with Crippen LogP contribution in [0.4, 0.5) is 5.69 Å². The van der Waals surface area contributed by atoms with Crippen LogP contribution in [0.25, 0.3) is 10.8 Å². The number of amides is 1. The summed E-state index contributed by atoms with van der Waals surface area (Å²) in [5.41, 5.74) is 0.771. The van der Waals surface area contributed by atoms with Gasteiger partial charge in [0.25, 0.3) is 0 Å². The Kier molecular flexibility index (Phi) is 6.37. The van der Waals surface area contributed by atoms with Gasteiger partial charge in [-0.1, -0.05) is 54.2 Å². The summed E-state index contributed by atoms with van der Waals surface area (Å²) >= 11 is 1.33. The Morgan fingerprint density at radius 2 is 1.74 bits per heavy atom. The monoisotopic (exact) mass is 434 g/mol. The summed E-state index contributed by atoms with van der Waals surface area (Å²) in [5, 5.41) is 14.2. The summed E-state index contributed by atoms with van der Waals surface area (Å²) in [6.07, 6.45) is 0. The third kappa shape index (κ3) is 4.97. The van der Waals surface area contributed by atoms with E-state index in [0.29, 0.717) is 22.5 Å². The Balaban J connectivity index is 1.33. The van der Waals surface area contributed by atoms with Gasteiger partial charge < -0.3 is 19.4 Å². The summed E-state index contributed by atoms with van der Waals surface area (Å²) in [6, 6.07) is 21.3. The molecule has 1 N–H and O–H groups in total. The molecule has 1 aromatic heterocycles. The predicted octanol–water partition coefficient (Wildman–Crippen LogP) is 4.29. The molecule has 0 saturated heterocycles. The molecular weight excluding hydrogens is 412 g/mol. The molecule has 3 aromatic carbocycles. The summed E-state index contributed by atoms with van der Waals surface area (Å²) in [7, 11) is 3.45. The van der Waals surface area contributed by atoms with Crippen LogP contribution in [-0.2, 0) is 18.4 Å². The van der Waals surface area contributed by atoms with Crippen molar-refractivity contribution in [2.45, 2.75) is 11.8 Å². The van der Waals surface area contributed by atoms with Crippen molar-refractivity contribution < 1.29 is 14.3 Å². The van der Waals surface area contributed by atoms with E-state index in [0.717, 1.165) is 16.5 Å². The number of ether oxygens (including phenoxy) is 2. The minimum absolute atomic E-state index is 0.102. The van der Waals surface area contributed by atoms with Crippen LogP contribution in [-0.4, -0.2) is 33.5 Å². The lowest BCUT2D eigenvalue weighted by Gasteiger charge is -2.10. The molecule has 0 radical (unpaired) electrons. The SMILES string of the molecule is COc1ccccc1OCc1nnc(SCC(=O)Nc2ccc3ccccc3c2)n1C. The highest BCUT2D eigenvalue weighted by Gasteiger charge is 2.13. The average molecular weight is 435 g/mol. The molecule has 0 fully saturated rings. The lowest BCUT2D eigenvalue weighted by Crippen LogP contribution is -2.14. The lowest BCUT2D eigenvalue weighted by atomic mass is 10.1. The molecule has 0 aliphatic heterocycles. The molecule has 0 aliphatic carbocycles. The van der Waals surface area contributed by atoms with Crippen LogP contribution in [0.2, 0.25) is 0 Å². The number of fused-ring (bicyclic) bond motifs is 1. The number of benzene rings is 3. The smallest absolute Gasteiger partial charge is 0.234 e. The fourth-order valence-electron chi connectivity index (χ4n) is 3.07. The summed E-state index contributed by atoms with van der Waals surface area (Å²) in [6.45, 7) is 0.244. The van der Waals surface area contributed by atoms with Crippen LogP contribution in [0.15, 0.2) is 71.9 Å². The molecule has 1 amide bonds. The highest BCUT2D eigenvalue weighted by molar-refractivity contribution is 7.99. The largest absolute Gasteiger partial charge is 0.493 e. The molecule has 7 nitrogen and oxygen atoms in total. The molecular formula is C23H22N4O3S. The maximum atomic E-state index is 12.4. The van der Waals surface area contributed by atoms with Gasteiger partial charge in [0.05, 0.1) is 12.9 Å². The number of carbonyl (C=O) groups is 1. The minimum atomic E-state index is -0.102. The molecule has 0 unspecified atom stereocenters. The molecule has 158 valence electrons. The van der Waals surface area contributed by atoms with Crippen molar-refractivity contribution in [1.82, 2.24) is 14.8 Å². The lowest BCUT2D eigenvalue weighted by molar-refractivity contribution is -0.113. The minimum Gasteiger partial charge on any atom is -0.493 e. The second kappa shape index (κ2) is 9.53. The number of carbonyl (C=O) groups excluding carboxylic acids is 1. The number of thioether (sulfide) groups is 1. The standard InChI is InChI=1S/C23H22N4O3S/c1-27-21(14-30-20-10-6-5-9-19(20)29-2)25-26-23(27)31-15-22(28)24-18-12-11-16-7-3-4-8-17(16)13-18/h3-13H,14-15H2,1-2H3,(H,24,28). The van der Waals surface area contributed by atoms with Gasteiger partial charge in [-0.3, -0.25) is 4.79 Å². The number of methoxy groups -OCH3 is 1. The van der Waals surface area contributed by atoms with E-state index in [1.54, 1.807) is 7.11 Å². The van der Waals surface area contributed by atoms with Crippen molar-refractivity contribution in [2.24, 2.45) is 7.05 Å². The van der Waals surface area contributed by atoms with E-state index >= 15 is 0 Å². The van der Waals surface area contributed by atoms with Gasteiger partial charge in [-0.25, -0.2) is 0 Å². The number of anilines is 1. The number of nitrogens with one attached hydrogen (secondary N) is 1. The van der Waals surface area contributed by atoms with Gasteiger partial charge in [0, 0.05) is 12.7 Å². The summed E-state index contributed by atoms with van der Waals surface area (Å²) in [4.78, 5) is 12.4. The van der Waals surface area contributed by atoms with E-state index < -0.39 is 0 Å². The first-order valence-corrected chi connectivity index (χ1v) is 10.7. The Morgan fingerprint density at radius 3 is 2.55 bits per heavy atom. The number of para-hydroxylation sites is 2. The van der Waals surface area contributed by atoms with Gasteiger partial charge in [-0.05, 0) is 35.0 Å². The molecule has 8 heteroatoms. The van der Waals surface area contributed by atoms with Crippen molar-refractivity contribution in [2.75, 3.05) is 18.2 Å². The van der Waals surface area contributed by atoms with Crippen LogP contribution < -0.4 is 14.8 Å². The van der Waals surface area contributed by atoms with Crippen molar-refractivity contribution in [1.29, 1.82) is 0 Å². The van der Waals surface area contributed by atoms with Crippen molar-refractivity contribution in [3.8, 4) is 11.5 Å². The Hall–Kier alpha value is -3.52. The molecule has 1 heterocycles. The van der Waals surface area contributed by atoms with E-state index in [4.69, 9.17) is 9.47 Å². The zero-order valence-corrected chi connectivity index (χ0v) is 18.1. The molecule has 31 heavy (non-hydrogen) atoms. The highest BCUT2D eigenvalue weighted by Crippen LogP contribution is 2.27. The normalized spacial score (nSPS) is 10.8. The van der Waals surface area contributed by atoms with Crippen LogP contribution in [0.5, 0.6) is 11.5 Å². The second-order valence-electron chi connectivity index (χ2n) is 6.80. The quantitative estimate of drug-likeness (QED) is 0.417. The van der Waals surface area contributed by atoms with Gasteiger partial charge in [0.2, 0.25) is 5.91 Å². The van der Waals surface area contributed by atoms with Gasteiger partial charge in [-0.2, -0.15) is 0 Å². The van der Waals surface area contributed by atoms with Crippen LogP contribution in [0.3, 0.4) is 0 Å². The Labute approximate surface area is 184 Å². The van der Waals surface area contributed by atoms with Crippen molar-refractivity contribution >= 4 is 34.1 Å². The van der Waals surface area contributed by atoms with E-state index in [-0.39, 0.29) is 18.3 Å². The number of aromatic nitrogens is 3. The number of nitrogens with zero attached hydrogens (tertiary/aromatic N) is 3. The fourth-order valence-corrected chi connectivity index (χ4v) is 3.80. The van der Waals surface area contributed by atoms with Gasteiger partial charge in [-0.15, -0.1) is 10.2 Å². The fraction of sp³-hybridized carbons (Fsp3) is 0.174. The van der Waals surface area contributed by atoms with E-state index in [9.17, 15) is 4.79 Å². The Morgan fingerprint density at radius 1 is 1.00 bits per heavy atom. The molecule has 0 aliphatic rings.